The van der Waals surface area contributed by atoms with Crippen molar-refractivity contribution >= 4 is 25.2 Å². The van der Waals surface area contributed by atoms with Crippen molar-refractivity contribution < 1.29 is 29.0 Å². The molecule has 0 aliphatic carbocycles. The van der Waals surface area contributed by atoms with Gasteiger partial charge in [-0.05, 0) is 34.9 Å². The summed E-state index contributed by atoms with van der Waals surface area (Å²) in [5, 5.41) is 9.75. The Morgan fingerprint density at radius 1 is 0.935 bits per heavy atom. The van der Waals surface area contributed by atoms with Crippen LogP contribution in [0.15, 0.2) is 0 Å². The molecule has 31 heavy (non-hydrogen) atoms. The Bertz CT molecular complexity index is 650. The van der Waals surface area contributed by atoms with E-state index in [1.807, 2.05) is 69.5 Å². The second kappa shape index (κ2) is 10.4. The van der Waals surface area contributed by atoms with E-state index in [1.54, 1.807) is 13.8 Å². The molecular weight excluding hydrogens is 395 g/mol. The SMILES string of the molecule is C[B]C(C)(C)C(C(=O)OC)C(C)(C)C(C)(C)C(CC(C)(C)C(C)C(=O)OCC)C(=O)O. The van der Waals surface area contributed by atoms with E-state index in [2.05, 4.69) is 0 Å². The molecule has 0 fully saturated rings. The summed E-state index contributed by atoms with van der Waals surface area (Å²) in [7, 11) is 3.33. The first-order valence-corrected chi connectivity index (χ1v) is 11.1. The Hall–Kier alpha value is -1.53. The Morgan fingerprint density at radius 3 is 1.77 bits per heavy atom. The van der Waals surface area contributed by atoms with Crippen molar-refractivity contribution in [2.45, 2.75) is 87.8 Å². The van der Waals surface area contributed by atoms with Crippen LogP contribution in [0.2, 0.25) is 12.1 Å². The molecule has 0 aromatic rings. The van der Waals surface area contributed by atoms with Gasteiger partial charge < -0.3 is 14.6 Å². The lowest BCUT2D eigenvalue weighted by Gasteiger charge is -2.54. The van der Waals surface area contributed by atoms with E-state index in [0.717, 1.165) is 0 Å². The lowest BCUT2D eigenvalue weighted by molar-refractivity contribution is -0.168. The van der Waals surface area contributed by atoms with Gasteiger partial charge in [-0.25, -0.2) is 0 Å². The van der Waals surface area contributed by atoms with Gasteiger partial charge in [0, 0.05) is 0 Å². The predicted octanol–water partition coefficient (Wildman–Crippen LogP) is 5.10. The van der Waals surface area contributed by atoms with Crippen LogP contribution in [-0.2, 0) is 23.9 Å². The molecule has 0 amide bonds. The normalized spacial score (nSPS) is 16.1. The molecule has 0 spiro atoms. The molecule has 0 aliphatic heterocycles. The summed E-state index contributed by atoms with van der Waals surface area (Å²) >= 11 is 0. The Labute approximate surface area is 190 Å². The summed E-state index contributed by atoms with van der Waals surface area (Å²) < 4.78 is 10.3. The van der Waals surface area contributed by atoms with Gasteiger partial charge in [0.2, 0.25) is 0 Å². The topological polar surface area (TPSA) is 89.9 Å². The Kier molecular flexibility index (Phi) is 9.88. The van der Waals surface area contributed by atoms with Crippen LogP contribution in [0.1, 0.15) is 75.7 Å². The summed E-state index contributed by atoms with van der Waals surface area (Å²) in [6.45, 7) is 21.1. The van der Waals surface area contributed by atoms with Gasteiger partial charge >= 0.3 is 17.9 Å². The van der Waals surface area contributed by atoms with Crippen molar-refractivity contribution in [2.75, 3.05) is 13.7 Å². The van der Waals surface area contributed by atoms with E-state index in [1.165, 1.54) is 7.11 Å². The molecule has 7 heteroatoms. The van der Waals surface area contributed by atoms with Crippen LogP contribution in [0.4, 0.5) is 0 Å². The van der Waals surface area contributed by atoms with Crippen LogP contribution in [0.5, 0.6) is 0 Å². The number of carbonyl (C=O) groups is 3. The molecule has 0 saturated heterocycles. The van der Waals surface area contributed by atoms with E-state index in [9.17, 15) is 19.5 Å². The monoisotopic (exact) mass is 439 g/mol. The van der Waals surface area contributed by atoms with Gasteiger partial charge in [0.05, 0.1) is 31.5 Å². The van der Waals surface area contributed by atoms with Gasteiger partial charge in [-0.15, -0.1) is 0 Å². The molecule has 6 nitrogen and oxygen atoms in total. The zero-order valence-corrected chi connectivity index (χ0v) is 21.7. The fraction of sp³-hybridized carbons (Fsp3) is 0.875. The minimum atomic E-state index is -0.941. The molecule has 179 valence electrons. The van der Waals surface area contributed by atoms with E-state index >= 15 is 0 Å². The number of carboxylic acids is 1. The van der Waals surface area contributed by atoms with Gasteiger partial charge in [-0.3, -0.25) is 14.4 Å². The molecule has 0 rings (SSSR count). The molecular formula is C24H44BO6. The number of carboxylic acid groups (broad SMARTS) is 1. The molecule has 1 N–H and O–H groups in total. The lowest BCUT2D eigenvalue weighted by atomic mass is 9.41. The van der Waals surface area contributed by atoms with Crippen molar-refractivity contribution in [2.24, 2.45) is 34.0 Å². The molecule has 1 radical (unpaired) electrons. The average Bonchev–Trinajstić information content (AvgIpc) is 2.64. The van der Waals surface area contributed by atoms with Crippen LogP contribution in [0, 0.1) is 34.0 Å². The number of hydrogen-bond acceptors (Lipinski definition) is 5. The van der Waals surface area contributed by atoms with Crippen LogP contribution in [-0.4, -0.2) is 44.0 Å². The fourth-order valence-corrected chi connectivity index (χ4v) is 4.57. The van der Waals surface area contributed by atoms with Crippen molar-refractivity contribution in [1.29, 1.82) is 0 Å². The van der Waals surface area contributed by atoms with E-state index in [-0.39, 0.29) is 25.0 Å². The minimum absolute atomic E-state index is 0.267. The summed E-state index contributed by atoms with van der Waals surface area (Å²) in [6, 6.07) is 0. The maximum absolute atomic E-state index is 12.9. The third-order valence-corrected chi connectivity index (χ3v) is 8.02. The molecule has 0 heterocycles. The number of ether oxygens (including phenoxy) is 2. The molecule has 0 aliphatic rings. The van der Waals surface area contributed by atoms with Gasteiger partial charge in [0.15, 0.2) is 0 Å². The first-order chi connectivity index (χ1) is 13.8. The van der Waals surface area contributed by atoms with Gasteiger partial charge in [0.25, 0.3) is 0 Å². The van der Waals surface area contributed by atoms with Crippen LogP contribution < -0.4 is 0 Å². The van der Waals surface area contributed by atoms with Crippen LogP contribution in [0.3, 0.4) is 0 Å². The Balaban J connectivity index is 6.36. The molecule has 0 saturated carbocycles. The summed E-state index contributed by atoms with van der Waals surface area (Å²) in [5.74, 6) is -3.45. The summed E-state index contributed by atoms with van der Waals surface area (Å²) in [4.78, 5) is 37.8. The Morgan fingerprint density at radius 2 is 1.42 bits per heavy atom. The predicted molar refractivity (Wildman–Crippen MR) is 124 cm³/mol. The average molecular weight is 439 g/mol. The van der Waals surface area contributed by atoms with Gasteiger partial charge in [-0.1, -0.05) is 69.1 Å². The van der Waals surface area contributed by atoms with Crippen LogP contribution >= 0.6 is 0 Å². The summed E-state index contributed by atoms with van der Waals surface area (Å²) in [6.07, 6.45) is 0.267. The molecule has 0 bridgehead atoms. The molecule has 0 aromatic carbocycles. The second-order valence-electron chi connectivity index (χ2n) is 11.1. The van der Waals surface area contributed by atoms with Crippen molar-refractivity contribution in [3.8, 4) is 0 Å². The van der Waals surface area contributed by atoms with Crippen molar-refractivity contribution in [3.63, 3.8) is 0 Å². The highest BCUT2D eigenvalue weighted by atomic mass is 16.5. The smallest absolute Gasteiger partial charge is 0.309 e. The number of hydrogen-bond donors (Lipinski definition) is 1. The fourth-order valence-electron chi connectivity index (χ4n) is 4.57. The zero-order valence-electron chi connectivity index (χ0n) is 21.7. The first kappa shape index (κ1) is 29.5. The third kappa shape index (κ3) is 6.26. The number of methoxy groups -OCH3 is 1. The molecule has 3 atom stereocenters. The quantitative estimate of drug-likeness (QED) is 0.336. The molecule has 3 unspecified atom stereocenters. The second-order valence-corrected chi connectivity index (χ2v) is 11.1. The highest BCUT2D eigenvalue weighted by Gasteiger charge is 2.57. The van der Waals surface area contributed by atoms with E-state index in [0.29, 0.717) is 0 Å². The van der Waals surface area contributed by atoms with E-state index < -0.39 is 45.3 Å². The number of aliphatic carboxylic acids is 1. The van der Waals surface area contributed by atoms with Crippen molar-refractivity contribution in [1.82, 2.24) is 0 Å². The number of rotatable bonds is 12. The van der Waals surface area contributed by atoms with Crippen LogP contribution in [0.25, 0.3) is 0 Å². The largest absolute Gasteiger partial charge is 0.481 e. The third-order valence-electron chi connectivity index (χ3n) is 8.02. The highest BCUT2D eigenvalue weighted by molar-refractivity contribution is 6.38. The van der Waals surface area contributed by atoms with Crippen molar-refractivity contribution in [3.05, 3.63) is 0 Å². The summed E-state index contributed by atoms with van der Waals surface area (Å²) in [5.41, 5.74) is -2.15. The maximum Gasteiger partial charge on any atom is 0.309 e. The number of esters is 2. The standard InChI is InChI=1S/C24H44BO6/c1-13-31-19(28)15(2)21(3,4)14-16(18(26)27)22(5,6)23(7,8)17(20(29)30-12)24(9,10)25-11/h15-17H,13-14H2,1-12H3,(H,26,27). The van der Waals surface area contributed by atoms with Gasteiger partial charge in [0.1, 0.15) is 7.28 Å². The van der Waals surface area contributed by atoms with Gasteiger partial charge in [-0.2, -0.15) is 0 Å². The first-order valence-electron chi connectivity index (χ1n) is 11.1. The lowest BCUT2D eigenvalue weighted by Crippen LogP contribution is -2.53. The van der Waals surface area contributed by atoms with E-state index in [4.69, 9.17) is 9.47 Å². The molecule has 0 aromatic heterocycles. The number of carbonyl (C=O) groups excluding carboxylic acids is 2. The zero-order chi connectivity index (χ0) is 25.0. The minimum Gasteiger partial charge on any atom is -0.481 e. The maximum atomic E-state index is 12.9. The highest BCUT2D eigenvalue weighted by Crippen LogP contribution is 2.58.